The van der Waals surface area contributed by atoms with Crippen molar-refractivity contribution in [1.82, 2.24) is 5.32 Å². The summed E-state index contributed by atoms with van der Waals surface area (Å²) in [6, 6.07) is 11.7. The highest BCUT2D eigenvalue weighted by Gasteiger charge is 2.12. The molecule has 2 aromatic rings. The van der Waals surface area contributed by atoms with E-state index in [0.717, 1.165) is 0 Å². The first kappa shape index (κ1) is 12.3. The fourth-order valence-corrected chi connectivity index (χ4v) is 1.72. The predicted molar refractivity (Wildman–Crippen MR) is 65.2 cm³/mol. The van der Waals surface area contributed by atoms with Crippen LogP contribution in [0.15, 0.2) is 47.1 Å². The average molecular weight is 244 g/mol. The highest BCUT2D eigenvalue weighted by atomic mass is 19.1. The first-order chi connectivity index (χ1) is 8.81. The van der Waals surface area contributed by atoms with Crippen molar-refractivity contribution in [3.8, 4) is 6.07 Å². The quantitative estimate of drug-likeness (QED) is 0.879. The van der Waals surface area contributed by atoms with Gasteiger partial charge < -0.3 is 4.42 Å². The summed E-state index contributed by atoms with van der Waals surface area (Å²) in [4.78, 5) is 0. The van der Waals surface area contributed by atoms with Crippen LogP contribution in [0.5, 0.6) is 0 Å². The van der Waals surface area contributed by atoms with Crippen LogP contribution in [0.3, 0.4) is 0 Å². The molecule has 0 bridgehead atoms. The molecule has 18 heavy (non-hydrogen) atoms. The Morgan fingerprint density at radius 1 is 1.28 bits per heavy atom. The van der Waals surface area contributed by atoms with Crippen molar-refractivity contribution in [3.63, 3.8) is 0 Å². The van der Waals surface area contributed by atoms with Gasteiger partial charge in [-0.2, -0.15) is 5.26 Å². The second-order valence-electron chi connectivity index (χ2n) is 3.87. The van der Waals surface area contributed by atoms with Crippen LogP contribution >= 0.6 is 0 Å². The van der Waals surface area contributed by atoms with Gasteiger partial charge >= 0.3 is 0 Å². The molecule has 1 unspecified atom stereocenters. The van der Waals surface area contributed by atoms with Crippen LogP contribution in [0, 0.1) is 17.1 Å². The number of nitrogens with one attached hydrogen (secondary N) is 1. The molecular formula is C14H13FN2O. The van der Waals surface area contributed by atoms with Gasteiger partial charge in [0.25, 0.3) is 0 Å². The van der Waals surface area contributed by atoms with E-state index >= 15 is 0 Å². The molecular weight excluding hydrogens is 231 g/mol. The Hall–Kier alpha value is -2.12. The van der Waals surface area contributed by atoms with Gasteiger partial charge in [-0.3, -0.25) is 5.32 Å². The van der Waals surface area contributed by atoms with Crippen LogP contribution in [0.4, 0.5) is 4.39 Å². The van der Waals surface area contributed by atoms with Gasteiger partial charge in [0.2, 0.25) is 0 Å². The third kappa shape index (κ3) is 2.96. The summed E-state index contributed by atoms with van der Waals surface area (Å²) in [5.74, 6) is 0.358. The van der Waals surface area contributed by atoms with Crippen molar-refractivity contribution in [3.05, 3.63) is 59.8 Å². The van der Waals surface area contributed by atoms with Crippen LogP contribution in [0.1, 0.15) is 17.4 Å². The molecule has 0 aliphatic heterocycles. The lowest BCUT2D eigenvalue weighted by molar-refractivity contribution is 0.458. The van der Waals surface area contributed by atoms with Crippen molar-refractivity contribution in [2.45, 2.75) is 12.5 Å². The molecule has 0 saturated carbocycles. The third-order valence-electron chi connectivity index (χ3n) is 2.66. The van der Waals surface area contributed by atoms with E-state index in [1.54, 1.807) is 30.3 Å². The van der Waals surface area contributed by atoms with E-state index in [9.17, 15) is 4.39 Å². The molecule has 3 nitrogen and oxygen atoms in total. The summed E-state index contributed by atoms with van der Waals surface area (Å²) in [6.45, 7) is 0.514. The zero-order chi connectivity index (χ0) is 12.8. The van der Waals surface area contributed by atoms with Gasteiger partial charge in [0, 0.05) is 6.54 Å². The molecule has 0 saturated heterocycles. The topological polar surface area (TPSA) is 49.0 Å². The minimum Gasteiger partial charge on any atom is -0.467 e. The molecule has 0 aliphatic carbocycles. The summed E-state index contributed by atoms with van der Waals surface area (Å²) in [5.41, 5.74) is 0.640. The van der Waals surface area contributed by atoms with Crippen LogP contribution in [0.2, 0.25) is 0 Å². The number of hydrogen-bond acceptors (Lipinski definition) is 3. The predicted octanol–water partition coefficient (Wildman–Crippen LogP) is 2.82. The monoisotopic (exact) mass is 244 g/mol. The highest BCUT2D eigenvalue weighted by Crippen LogP contribution is 2.12. The fourth-order valence-electron chi connectivity index (χ4n) is 1.72. The van der Waals surface area contributed by atoms with Gasteiger partial charge in [-0.05, 0) is 30.2 Å². The number of halogens is 1. The van der Waals surface area contributed by atoms with Gasteiger partial charge in [0.1, 0.15) is 11.6 Å². The van der Waals surface area contributed by atoms with Crippen molar-refractivity contribution in [1.29, 1.82) is 5.26 Å². The molecule has 0 spiro atoms. The molecule has 0 fully saturated rings. The molecule has 0 radical (unpaired) electrons. The number of hydrogen-bond donors (Lipinski definition) is 1. The molecule has 1 atom stereocenters. The molecule has 92 valence electrons. The third-order valence-corrected chi connectivity index (χ3v) is 2.66. The molecule has 0 aliphatic rings. The Morgan fingerprint density at radius 2 is 2.11 bits per heavy atom. The molecule has 1 N–H and O–H groups in total. The average Bonchev–Trinajstić information content (AvgIpc) is 2.90. The molecule has 4 heteroatoms. The first-order valence-corrected chi connectivity index (χ1v) is 5.71. The van der Waals surface area contributed by atoms with Crippen molar-refractivity contribution in [2.24, 2.45) is 0 Å². The molecule has 0 amide bonds. The van der Waals surface area contributed by atoms with Crippen LogP contribution in [-0.4, -0.2) is 6.54 Å². The number of nitriles is 1. The Kier molecular flexibility index (Phi) is 4.11. The number of benzene rings is 1. The van der Waals surface area contributed by atoms with E-state index < -0.39 is 6.04 Å². The standard InChI is InChI=1S/C14H13FN2O/c15-12-5-2-1-4-11(12)7-8-17-13(10-16)14-6-3-9-18-14/h1-6,9,13,17H,7-8H2. The van der Waals surface area contributed by atoms with Crippen LogP contribution in [-0.2, 0) is 6.42 Å². The van der Waals surface area contributed by atoms with Gasteiger partial charge in [0.15, 0.2) is 6.04 Å². The molecule has 1 heterocycles. The lowest BCUT2D eigenvalue weighted by Gasteiger charge is -2.09. The van der Waals surface area contributed by atoms with E-state index in [1.807, 2.05) is 0 Å². The van der Waals surface area contributed by atoms with Crippen molar-refractivity contribution in [2.75, 3.05) is 6.54 Å². The van der Waals surface area contributed by atoms with Gasteiger partial charge in [-0.1, -0.05) is 18.2 Å². The Morgan fingerprint density at radius 3 is 2.78 bits per heavy atom. The number of rotatable bonds is 5. The lowest BCUT2D eigenvalue weighted by Crippen LogP contribution is -2.22. The second-order valence-corrected chi connectivity index (χ2v) is 3.87. The van der Waals surface area contributed by atoms with Gasteiger partial charge in [-0.15, -0.1) is 0 Å². The van der Waals surface area contributed by atoms with Crippen LogP contribution in [0.25, 0.3) is 0 Å². The Balaban J connectivity index is 1.89. The van der Waals surface area contributed by atoms with Crippen molar-refractivity contribution >= 4 is 0 Å². The number of nitrogens with zero attached hydrogens (tertiary/aromatic N) is 1. The minimum absolute atomic E-state index is 0.217. The van der Waals surface area contributed by atoms with Gasteiger partial charge in [-0.25, -0.2) is 4.39 Å². The maximum Gasteiger partial charge on any atom is 0.154 e. The zero-order valence-corrected chi connectivity index (χ0v) is 9.77. The van der Waals surface area contributed by atoms with Gasteiger partial charge in [0.05, 0.1) is 12.3 Å². The highest BCUT2D eigenvalue weighted by molar-refractivity contribution is 5.18. The fraction of sp³-hybridized carbons (Fsp3) is 0.214. The van der Waals surface area contributed by atoms with Crippen LogP contribution < -0.4 is 5.32 Å². The normalized spacial score (nSPS) is 12.0. The minimum atomic E-state index is -0.494. The maximum absolute atomic E-state index is 13.4. The molecule has 1 aromatic heterocycles. The van der Waals surface area contributed by atoms with Crippen molar-refractivity contribution < 1.29 is 8.81 Å². The van der Waals surface area contributed by atoms with E-state index in [0.29, 0.717) is 24.3 Å². The smallest absolute Gasteiger partial charge is 0.154 e. The molecule has 1 aromatic carbocycles. The summed E-state index contributed by atoms with van der Waals surface area (Å²) >= 11 is 0. The summed E-state index contributed by atoms with van der Waals surface area (Å²) in [7, 11) is 0. The maximum atomic E-state index is 13.4. The van der Waals surface area contributed by atoms with E-state index in [1.165, 1.54) is 12.3 Å². The largest absolute Gasteiger partial charge is 0.467 e. The summed E-state index contributed by atoms with van der Waals surface area (Å²) in [5, 5.41) is 12.0. The van der Waals surface area contributed by atoms with E-state index in [2.05, 4.69) is 11.4 Å². The zero-order valence-electron chi connectivity index (χ0n) is 9.77. The Bertz CT molecular complexity index is 531. The summed E-state index contributed by atoms with van der Waals surface area (Å²) in [6.07, 6.45) is 2.06. The van der Waals surface area contributed by atoms with E-state index in [4.69, 9.17) is 9.68 Å². The Labute approximate surface area is 105 Å². The SMILES string of the molecule is N#CC(NCCc1ccccc1F)c1ccco1. The van der Waals surface area contributed by atoms with E-state index in [-0.39, 0.29) is 5.82 Å². The lowest BCUT2D eigenvalue weighted by atomic mass is 10.1. The number of furan rings is 1. The summed E-state index contributed by atoms with van der Waals surface area (Å²) < 4.78 is 18.5. The molecule has 2 rings (SSSR count). The second kappa shape index (κ2) is 5.99. The first-order valence-electron chi connectivity index (χ1n) is 5.71.